The van der Waals surface area contributed by atoms with Gasteiger partial charge in [-0.1, -0.05) is 58.8 Å². The van der Waals surface area contributed by atoms with Crippen molar-refractivity contribution in [3.05, 3.63) is 0 Å². The third kappa shape index (κ3) is 7.04. The number of nitriles is 1. The van der Waals surface area contributed by atoms with E-state index in [2.05, 4.69) is 19.9 Å². The van der Waals surface area contributed by atoms with Crippen molar-refractivity contribution in [2.75, 3.05) is 13.2 Å². The van der Waals surface area contributed by atoms with E-state index in [1.807, 2.05) is 0 Å². The minimum Gasteiger partial charge on any atom is -0.461 e. The zero-order valence-electron chi connectivity index (χ0n) is 17.9. The van der Waals surface area contributed by atoms with E-state index in [1.165, 1.54) is 38.5 Å². The average Bonchev–Trinajstić information content (AvgIpc) is 2.73. The topological polar surface area (TPSA) is 68.6 Å². The lowest BCUT2D eigenvalue weighted by atomic mass is 9.83. The van der Waals surface area contributed by atoms with Crippen LogP contribution in [0.2, 0.25) is 0 Å². The largest absolute Gasteiger partial charge is 0.461 e. The van der Waals surface area contributed by atoms with Gasteiger partial charge >= 0.3 is 5.97 Å². The molecule has 1 aliphatic carbocycles. The summed E-state index contributed by atoms with van der Waals surface area (Å²) in [4.78, 5) is 12.7. The van der Waals surface area contributed by atoms with Crippen LogP contribution in [0.1, 0.15) is 97.3 Å². The summed E-state index contributed by atoms with van der Waals surface area (Å²) in [5, 5.41) is 9.59. The predicted molar refractivity (Wildman–Crippen MR) is 108 cm³/mol. The van der Waals surface area contributed by atoms with Crippen LogP contribution in [0.25, 0.3) is 0 Å². The summed E-state index contributed by atoms with van der Waals surface area (Å²) in [5.41, 5.74) is -1.31. The molecular weight excluding hydrogens is 354 g/mol. The molecular formula is C23H39NO4. The van der Waals surface area contributed by atoms with E-state index in [-0.39, 0.29) is 25.6 Å². The molecule has 2 aliphatic rings. The molecule has 1 heterocycles. The maximum atomic E-state index is 12.7. The monoisotopic (exact) mass is 393 g/mol. The summed E-state index contributed by atoms with van der Waals surface area (Å²) in [6.45, 7) is 4.50. The fourth-order valence-corrected chi connectivity index (χ4v) is 4.16. The molecule has 0 amide bonds. The number of nitrogens with zero attached hydrogens (tertiary/aromatic N) is 1. The maximum absolute atomic E-state index is 12.7. The van der Waals surface area contributed by atoms with Crippen molar-refractivity contribution < 1.29 is 19.0 Å². The van der Waals surface area contributed by atoms with E-state index < -0.39 is 11.4 Å². The molecule has 1 aliphatic heterocycles. The van der Waals surface area contributed by atoms with Gasteiger partial charge < -0.3 is 14.2 Å². The smallest absolute Gasteiger partial charge is 0.331 e. The molecule has 2 rings (SSSR count). The van der Waals surface area contributed by atoms with Gasteiger partial charge in [0, 0.05) is 0 Å². The van der Waals surface area contributed by atoms with Crippen LogP contribution in [0, 0.1) is 22.7 Å². The summed E-state index contributed by atoms with van der Waals surface area (Å²) in [5.74, 6) is 0.300. The van der Waals surface area contributed by atoms with E-state index in [4.69, 9.17) is 14.2 Å². The molecule has 0 aromatic heterocycles. The van der Waals surface area contributed by atoms with Gasteiger partial charge in [-0.15, -0.1) is 0 Å². The van der Waals surface area contributed by atoms with Crippen LogP contribution in [-0.4, -0.2) is 31.6 Å². The summed E-state index contributed by atoms with van der Waals surface area (Å²) >= 11 is 0. The van der Waals surface area contributed by atoms with Crippen LogP contribution in [0.15, 0.2) is 0 Å². The number of hydrogen-bond acceptors (Lipinski definition) is 5. The Balaban J connectivity index is 1.69. The summed E-state index contributed by atoms with van der Waals surface area (Å²) < 4.78 is 17.0. The molecule has 0 aromatic carbocycles. The van der Waals surface area contributed by atoms with Crippen molar-refractivity contribution in [1.29, 1.82) is 5.26 Å². The Labute approximate surface area is 171 Å². The highest BCUT2D eigenvalue weighted by Crippen LogP contribution is 2.33. The lowest BCUT2D eigenvalue weighted by Gasteiger charge is -2.35. The Bertz CT molecular complexity index is 485. The molecule has 28 heavy (non-hydrogen) atoms. The number of carbonyl (C=O) groups is 1. The number of hydrogen-bond donors (Lipinski definition) is 0. The van der Waals surface area contributed by atoms with Crippen molar-refractivity contribution in [3.8, 4) is 6.07 Å². The minimum atomic E-state index is -1.31. The molecule has 5 heteroatoms. The van der Waals surface area contributed by atoms with Gasteiger partial charge in [-0.2, -0.15) is 5.26 Å². The first-order valence-corrected chi connectivity index (χ1v) is 11.5. The van der Waals surface area contributed by atoms with Crippen molar-refractivity contribution in [2.45, 2.75) is 110 Å². The molecule has 1 saturated carbocycles. The molecule has 160 valence electrons. The number of unbranched alkanes of at least 4 members (excludes halogenated alkanes) is 5. The van der Waals surface area contributed by atoms with Crippen LogP contribution < -0.4 is 0 Å². The first-order valence-electron chi connectivity index (χ1n) is 11.5. The molecule has 2 fully saturated rings. The number of rotatable bonds is 11. The molecule has 1 saturated heterocycles. The Morgan fingerprint density at radius 2 is 1.61 bits per heavy atom. The van der Waals surface area contributed by atoms with E-state index in [0.29, 0.717) is 0 Å². The Morgan fingerprint density at radius 1 is 0.964 bits per heavy atom. The van der Waals surface area contributed by atoms with E-state index >= 15 is 0 Å². The van der Waals surface area contributed by atoms with E-state index in [0.717, 1.165) is 50.9 Å². The summed E-state index contributed by atoms with van der Waals surface area (Å²) in [6, 6.07) is 2.11. The quantitative estimate of drug-likeness (QED) is 0.341. The summed E-state index contributed by atoms with van der Waals surface area (Å²) in [6.07, 6.45) is 14.5. The van der Waals surface area contributed by atoms with Crippen LogP contribution in [0.4, 0.5) is 0 Å². The highest BCUT2D eigenvalue weighted by atomic mass is 16.7. The van der Waals surface area contributed by atoms with Crippen molar-refractivity contribution in [1.82, 2.24) is 0 Å². The van der Waals surface area contributed by atoms with Gasteiger partial charge in [0.05, 0.1) is 19.3 Å². The number of ether oxygens (including phenoxy) is 3. The van der Waals surface area contributed by atoms with Gasteiger partial charge in [0.1, 0.15) is 6.10 Å². The SMILES string of the molecule is CCCCCCCC1CCC(OC(=O)C2(C#N)COC(CCCC)OC2)CC1. The molecule has 0 N–H and O–H groups in total. The Morgan fingerprint density at radius 3 is 2.21 bits per heavy atom. The minimum absolute atomic E-state index is 0.0631. The lowest BCUT2D eigenvalue weighted by molar-refractivity contribution is -0.228. The summed E-state index contributed by atoms with van der Waals surface area (Å²) in [7, 11) is 0. The van der Waals surface area contributed by atoms with E-state index in [9.17, 15) is 10.1 Å². The normalized spacial score (nSPS) is 30.5. The number of carbonyl (C=O) groups excluding carboxylic acids is 1. The van der Waals surface area contributed by atoms with Gasteiger partial charge in [-0.05, 0) is 44.4 Å². The second-order valence-corrected chi connectivity index (χ2v) is 8.64. The molecule has 0 atom stereocenters. The van der Waals surface area contributed by atoms with Crippen LogP contribution in [0.5, 0.6) is 0 Å². The van der Waals surface area contributed by atoms with Gasteiger partial charge in [0.25, 0.3) is 0 Å². The Hall–Kier alpha value is -1.12. The second kappa shape index (κ2) is 12.4. The molecule has 0 spiro atoms. The van der Waals surface area contributed by atoms with Gasteiger partial charge in [0.15, 0.2) is 6.29 Å². The van der Waals surface area contributed by atoms with Crippen molar-refractivity contribution in [2.24, 2.45) is 11.3 Å². The zero-order chi connectivity index (χ0) is 20.2. The van der Waals surface area contributed by atoms with Crippen LogP contribution >= 0.6 is 0 Å². The molecule has 0 aromatic rings. The maximum Gasteiger partial charge on any atom is 0.331 e. The Kier molecular flexibility index (Phi) is 10.3. The van der Waals surface area contributed by atoms with Crippen molar-refractivity contribution in [3.63, 3.8) is 0 Å². The van der Waals surface area contributed by atoms with E-state index in [1.54, 1.807) is 0 Å². The third-order valence-corrected chi connectivity index (χ3v) is 6.21. The fraction of sp³-hybridized carbons (Fsp3) is 0.913. The first-order chi connectivity index (χ1) is 13.6. The predicted octanol–water partition coefficient (Wildman–Crippen LogP) is 5.52. The third-order valence-electron chi connectivity index (χ3n) is 6.21. The van der Waals surface area contributed by atoms with Crippen molar-refractivity contribution >= 4 is 5.97 Å². The van der Waals surface area contributed by atoms with Gasteiger partial charge in [-0.25, -0.2) is 0 Å². The molecule has 0 radical (unpaired) electrons. The second-order valence-electron chi connectivity index (χ2n) is 8.64. The highest BCUT2D eigenvalue weighted by molar-refractivity contribution is 5.80. The highest BCUT2D eigenvalue weighted by Gasteiger charge is 2.46. The fourth-order valence-electron chi connectivity index (χ4n) is 4.16. The molecule has 0 unspecified atom stereocenters. The van der Waals surface area contributed by atoms with Gasteiger partial charge in [0.2, 0.25) is 5.41 Å². The first kappa shape index (κ1) is 23.2. The molecule has 0 bridgehead atoms. The average molecular weight is 394 g/mol. The molecule has 5 nitrogen and oxygen atoms in total. The van der Waals surface area contributed by atoms with Crippen LogP contribution in [-0.2, 0) is 19.0 Å². The van der Waals surface area contributed by atoms with Gasteiger partial charge in [-0.3, -0.25) is 4.79 Å². The lowest BCUT2D eigenvalue weighted by Crippen LogP contribution is -2.48. The zero-order valence-corrected chi connectivity index (χ0v) is 17.9. The van der Waals surface area contributed by atoms with Crippen LogP contribution in [0.3, 0.4) is 0 Å². The number of esters is 1. The standard InChI is InChI=1S/C23H39NO4/c1-3-5-7-8-9-10-19-12-14-20(15-13-19)28-22(25)23(16-24)17-26-21(27-18-23)11-6-4-2/h19-21H,3-15,17-18H2,1-2H3.